The molecule has 0 saturated heterocycles. The first kappa shape index (κ1) is 8.52. The Morgan fingerprint density at radius 1 is 1.43 bits per heavy atom. The van der Waals surface area contributed by atoms with Gasteiger partial charge in [-0.05, 0) is 12.1 Å². The summed E-state index contributed by atoms with van der Waals surface area (Å²) in [5.41, 5.74) is 1.27. The molecule has 0 aliphatic heterocycles. The van der Waals surface area contributed by atoms with Crippen molar-refractivity contribution in [1.29, 1.82) is 0 Å². The predicted molar refractivity (Wildman–Crippen MR) is 48.4 cm³/mol. The molecule has 6 heteroatoms. The van der Waals surface area contributed by atoms with Crippen molar-refractivity contribution in [1.82, 2.24) is 9.97 Å². The molecule has 1 heterocycles. The van der Waals surface area contributed by atoms with Crippen molar-refractivity contribution in [2.75, 3.05) is 5.06 Å². The van der Waals surface area contributed by atoms with E-state index in [-0.39, 0.29) is 11.0 Å². The summed E-state index contributed by atoms with van der Waals surface area (Å²) in [4.78, 5) is 16.9. The first-order chi connectivity index (χ1) is 6.68. The van der Waals surface area contributed by atoms with Crippen LogP contribution >= 0.6 is 0 Å². The van der Waals surface area contributed by atoms with Gasteiger partial charge in [0.2, 0.25) is 5.95 Å². The maximum Gasteiger partial charge on any atom is 0.438 e. The van der Waals surface area contributed by atoms with Gasteiger partial charge >= 0.3 is 6.09 Å². The highest BCUT2D eigenvalue weighted by molar-refractivity contribution is 5.85. The smallest absolute Gasteiger partial charge is 0.438 e. The summed E-state index contributed by atoms with van der Waals surface area (Å²) in [6.45, 7) is 0. The fraction of sp³-hybridized carbons (Fsp3) is 0. The summed E-state index contributed by atoms with van der Waals surface area (Å²) < 4.78 is 0. The zero-order chi connectivity index (χ0) is 10.1. The van der Waals surface area contributed by atoms with Crippen LogP contribution in [0.1, 0.15) is 0 Å². The van der Waals surface area contributed by atoms with E-state index in [9.17, 15) is 4.79 Å². The standard InChI is InChI=1S/C8H7N3O3/c12-8(13)11(14)7-9-5-3-1-2-4-6(5)10-7/h1-4,14H,(H,9,10)(H,12,13). The summed E-state index contributed by atoms with van der Waals surface area (Å²) in [6, 6.07) is 7.01. The molecule has 0 unspecified atom stereocenters. The molecule has 1 aromatic heterocycles. The molecule has 0 fully saturated rings. The van der Waals surface area contributed by atoms with E-state index in [0.29, 0.717) is 11.0 Å². The number of hydrogen-bond donors (Lipinski definition) is 3. The Balaban J connectivity index is 2.50. The Morgan fingerprint density at radius 2 is 2.14 bits per heavy atom. The molecule has 6 nitrogen and oxygen atoms in total. The Labute approximate surface area is 78.4 Å². The molecule has 1 aromatic carbocycles. The number of aromatic nitrogens is 2. The average molecular weight is 193 g/mol. The normalized spacial score (nSPS) is 10.4. The fourth-order valence-corrected chi connectivity index (χ4v) is 1.13. The van der Waals surface area contributed by atoms with Crippen LogP contribution in [0.3, 0.4) is 0 Å². The maximum absolute atomic E-state index is 10.4. The fourth-order valence-electron chi connectivity index (χ4n) is 1.13. The number of aromatic amines is 1. The van der Waals surface area contributed by atoms with Crippen molar-refractivity contribution in [3.05, 3.63) is 24.3 Å². The lowest BCUT2D eigenvalue weighted by molar-refractivity contribution is 0.159. The Bertz CT molecular complexity index is 446. The van der Waals surface area contributed by atoms with E-state index < -0.39 is 6.09 Å². The number of nitrogens with one attached hydrogen (secondary N) is 1. The van der Waals surface area contributed by atoms with Gasteiger partial charge in [0.05, 0.1) is 11.0 Å². The quantitative estimate of drug-likeness (QED) is 0.472. The lowest BCUT2D eigenvalue weighted by atomic mass is 10.3. The summed E-state index contributed by atoms with van der Waals surface area (Å²) in [5, 5.41) is 17.6. The third-order valence-corrected chi connectivity index (χ3v) is 1.76. The van der Waals surface area contributed by atoms with Crippen LogP contribution in [0.5, 0.6) is 0 Å². The molecule has 0 aliphatic carbocycles. The highest BCUT2D eigenvalue weighted by Gasteiger charge is 2.14. The monoisotopic (exact) mass is 193 g/mol. The van der Waals surface area contributed by atoms with E-state index in [4.69, 9.17) is 10.3 Å². The first-order valence-electron chi connectivity index (χ1n) is 3.85. The van der Waals surface area contributed by atoms with Crippen molar-refractivity contribution >= 4 is 23.1 Å². The predicted octanol–water partition coefficient (Wildman–Crippen LogP) is 1.44. The summed E-state index contributed by atoms with van der Waals surface area (Å²) in [6.07, 6.45) is -1.48. The number of nitrogens with zero attached hydrogens (tertiary/aromatic N) is 2. The third kappa shape index (κ3) is 1.27. The summed E-state index contributed by atoms with van der Waals surface area (Å²) >= 11 is 0. The second-order valence-corrected chi connectivity index (χ2v) is 2.67. The second kappa shape index (κ2) is 3.00. The van der Waals surface area contributed by atoms with Gasteiger partial charge < -0.3 is 10.1 Å². The van der Waals surface area contributed by atoms with Crippen LogP contribution in [0, 0.1) is 0 Å². The Kier molecular flexibility index (Phi) is 1.83. The number of imidazole rings is 1. The topological polar surface area (TPSA) is 89.4 Å². The number of fused-ring (bicyclic) bond motifs is 1. The van der Waals surface area contributed by atoms with E-state index in [1.807, 2.05) is 0 Å². The molecule has 1 amide bonds. The number of carboxylic acid groups (broad SMARTS) is 1. The van der Waals surface area contributed by atoms with Gasteiger partial charge in [0.1, 0.15) is 0 Å². The molecule has 0 aliphatic rings. The number of hydroxylamine groups is 1. The first-order valence-corrected chi connectivity index (χ1v) is 3.85. The number of carbonyl (C=O) groups is 1. The van der Waals surface area contributed by atoms with Gasteiger partial charge in [0, 0.05) is 0 Å². The van der Waals surface area contributed by atoms with Crippen molar-refractivity contribution < 1.29 is 15.1 Å². The maximum atomic E-state index is 10.4. The molecule has 0 spiro atoms. The molecule has 2 aromatic rings. The van der Waals surface area contributed by atoms with Crippen LogP contribution in [0.25, 0.3) is 11.0 Å². The second-order valence-electron chi connectivity index (χ2n) is 2.67. The number of anilines is 1. The molecule has 2 rings (SSSR count). The van der Waals surface area contributed by atoms with Gasteiger partial charge in [-0.1, -0.05) is 12.1 Å². The van der Waals surface area contributed by atoms with Crippen LogP contribution in [0.15, 0.2) is 24.3 Å². The van der Waals surface area contributed by atoms with Gasteiger partial charge in [-0.3, -0.25) is 5.21 Å². The Hall–Kier alpha value is -2.08. The number of rotatable bonds is 1. The van der Waals surface area contributed by atoms with Crippen LogP contribution in [-0.2, 0) is 0 Å². The van der Waals surface area contributed by atoms with Gasteiger partial charge in [-0.25, -0.2) is 9.78 Å². The molecule has 3 N–H and O–H groups in total. The minimum atomic E-state index is -1.48. The molecule has 14 heavy (non-hydrogen) atoms. The van der Waals surface area contributed by atoms with Gasteiger partial charge in [0.15, 0.2) is 0 Å². The lowest BCUT2D eigenvalue weighted by Crippen LogP contribution is -2.25. The molecule has 0 radical (unpaired) electrons. The minimum absolute atomic E-state index is 0.0417. The third-order valence-electron chi connectivity index (χ3n) is 1.76. The highest BCUT2D eigenvalue weighted by Crippen LogP contribution is 2.15. The van der Waals surface area contributed by atoms with Gasteiger partial charge in [-0.15, -0.1) is 5.06 Å². The van der Waals surface area contributed by atoms with Gasteiger partial charge in [-0.2, -0.15) is 0 Å². The largest absolute Gasteiger partial charge is 0.463 e. The van der Waals surface area contributed by atoms with Crippen molar-refractivity contribution in [2.45, 2.75) is 0 Å². The van der Waals surface area contributed by atoms with E-state index in [0.717, 1.165) is 0 Å². The summed E-state index contributed by atoms with van der Waals surface area (Å²) in [7, 11) is 0. The number of para-hydroxylation sites is 2. The van der Waals surface area contributed by atoms with E-state index in [1.165, 1.54) is 0 Å². The molecule has 0 atom stereocenters. The van der Waals surface area contributed by atoms with E-state index >= 15 is 0 Å². The van der Waals surface area contributed by atoms with Crippen LogP contribution in [0.4, 0.5) is 10.7 Å². The number of hydrogen-bond acceptors (Lipinski definition) is 3. The van der Waals surface area contributed by atoms with E-state index in [2.05, 4.69) is 9.97 Å². The van der Waals surface area contributed by atoms with Crippen molar-refractivity contribution in [3.8, 4) is 0 Å². The average Bonchev–Trinajstić information content (AvgIpc) is 2.59. The lowest BCUT2D eigenvalue weighted by Gasteiger charge is -2.04. The summed E-state index contributed by atoms with van der Waals surface area (Å²) in [5.74, 6) is -0.112. The molecular weight excluding hydrogens is 186 g/mol. The molecule has 72 valence electrons. The zero-order valence-corrected chi connectivity index (χ0v) is 7.01. The Morgan fingerprint density at radius 3 is 2.79 bits per heavy atom. The number of amides is 1. The van der Waals surface area contributed by atoms with Crippen LogP contribution in [0.2, 0.25) is 0 Å². The van der Waals surface area contributed by atoms with Crippen molar-refractivity contribution in [3.63, 3.8) is 0 Å². The van der Waals surface area contributed by atoms with Crippen LogP contribution in [-0.4, -0.2) is 26.4 Å². The van der Waals surface area contributed by atoms with E-state index in [1.54, 1.807) is 24.3 Å². The van der Waals surface area contributed by atoms with Gasteiger partial charge in [0.25, 0.3) is 0 Å². The zero-order valence-electron chi connectivity index (χ0n) is 7.01. The van der Waals surface area contributed by atoms with Crippen molar-refractivity contribution in [2.24, 2.45) is 0 Å². The molecular formula is C8H7N3O3. The van der Waals surface area contributed by atoms with Crippen LogP contribution < -0.4 is 5.06 Å². The SMILES string of the molecule is O=C(O)N(O)c1nc2ccccc2[nH]1. The minimum Gasteiger partial charge on any atom is -0.463 e. The molecule has 0 bridgehead atoms. The number of benzene rings is 1. The molecule has 0 saturated carbocycles. The number of H-pyrrole nitrogens is 1. The highest BCUT2D eigenvalue weighted by atomic mass is 16.6.